The number of hydrogen-bond acceptors (Lipinski definition) is 4. The van der Waals surface area contributed by atoms with Crippen LogP contribution in [0, 0.1) is 0 Å². The number of rotatable bonds is 5. The van der Waals surface area contributed by atoms with Crippen molar-refractivity contribution >= 4 is 17.4 Å². The molecule has 0 radical (unpaired) electrons. The smallest absolute Gasteiger partial charge is 0.227 e. The molecule has 1 aliphatic rings. The average Bonchev–Trinajstić information content (AvgIpc) is 2.69. The van der Waals surface area contributed by atoms with Gasteiger partial charge in [-0.05, 0) is 48.9 Å². The van der Waals surface area contributed by atoms with Gasteiger partial charge in [-0.15, -0.1) is 0 Å². The lowest BCUT2D eigenvalue weighted by Crippen LogP contribution is -2.49. The number of ether oxygens (including phenoxy) is 1. The molecule has 1 heterocycles. The van der Waals surface area contributed by atoms with Crippen LogP contribution in [0.5, 0.6) is 5.75 Å². The van der Waals surface area contributed by atoms with E-state index in [4.69, 9.17) is 4.74 Å². The first kappa shape index (κ1) is 18.0. The predicted molar refractivity (Wildman–Crippen MR) is 102 cm³/mol. The van der Waals surface area contributed by atoms with Crippen molar-refractivity contribution in [3.05, 3.63) is 59.7 Å². The molecule has 26 heavy (non-hydrogen) atoms. The Balaban J connectivity index is 1.53. The van der Waals surface area contributed by atoms with E-state index in [0.29, 0.717) is 19.5 Å². The Bertz CT molecular complexity index is 761. The predicted octanol–water partition coefficient (Wildman–Crippen LogP) is 2.79. The second kappa shape index (κ2) is 8.04. The summed E-state index contributed by atoms with van der Waals surface area (Å²) >= 11 is 0. The fraction of sp³-hybridized carbons (Fsp3) is 0.333. The number of nitrogens with zero attached hydrogens (tertiary/aromatic N) is 2. The van der Waals surface area contributed by atoms with Crippen molar-refractivity contribution in [1.29, 1.82) is 0 Å². The van der Waals surface area contributed by atoms with Crippen LogP contribution >= 0.6 is 0 Å². The largest absolute Gasteiger partial charge is 0.497 e. The van der Waals surface area contributed by atoms with Crippen molar-refractivity contribution in [3.63, 3.8) is 0 Å². The summed E-state index contributed by atoms with van der Waals surface area (Å²) in [6, 6.07) is 15.3. The van der Waals surface area contributed by atoms with E-state index in [9.17, 15) is 9.59 Å². The molecule has 0 atom stereocenters. The summed E-state index contributed by atoms with van der Waals surface area (Å²) in [5.41, 5.74) is 2.82. The van der Waals surface area contributed by atoms with E-state index in [-0.39, 0.29) is 11.7 Å². The lowest BCUT2D eigenvalue weighted by atomic mass is 10.1. The highest BCUT2D eigenvalue weighted by Crippen LogP contribution is 2.18. The normalized spacial score (nSPS) is 14.2. The van der Waals surface area contributed by atoms with Gasteiger partial charge in [-0.2, -0.15) is 0 Å². The Kier molecular flexibility index (Phi) is 5.56. The van der Waals surface area contributed by atoms with Gasteiger partial charge in [0.1, 0.15) is 5.75 Å². The number of hydrogen-bond donors (Lipinski definition) is 0. The van der Waals surface area contributed by atoms with Crippen molar-refractivity contribution in [1.82, 2.24) is 4.90 Å². The summed E-state index contributed by atoms with van der Waals surface area (Å²) in [6.07, 6.45) is 0.414. The third kappa shape index (κ3) is 4.23. The number of carbonyl (C=O) groups is 2. The van der Waals surface area contributed by atoms with E-state index >= 15 is 0 Å². The third-order valence-corrected chi connectivity index (χ3v) is 4.79. The standard InChI is InChI=1S/C21H24N2O3/c1-16(24)18-5-7-19(8-6-18)22-11-13-23(14-12-22)21(25)15-17-3-9-20(26-2)10-4-17/h3-10H,11-15H2,1-2H3. The lowest BCUT2D eigenvalue weighted by Gasteiger charge is -2.36. The molecular formula is C21H24N2O3. The maximum atomic E-state index is 12.5. The summed E-state index contributed by atoms with van der Waals surface area (Å²) in [6.45, 7) is 4.59. The van der Waals surface area contributed by atoms with E-state index in [1.807, 2.05) is 53.4 Å². The van der Waals surface area contributed by atoms with Crippen LogP contribution in [-0.2, 0) is 11.2 Å². The van der Waals surface area contributed by atoms with Crippen LogP contribution in [0.25, 0.3) is 0 Å². The molecule has 0 saturated carbocycles. The average molecular weight is 352 g/mol. The van der Waals surface area contributed by atoms with Crippen LogP contribution in [0.1, 0.15) is 22.8 Å². The second-order valence-corrected chi connectivity index (χ2v) is 6.50. The monoisotopic (exact) mass is 352 g/mol. The molecule has 3 rings (SSSR count). The van der Waals surface area contributed by atoms with E-state index in [1.165, 1.54) is 0 Å². The van der Waals surface area contributed by atoms with E-state index in [2.05, 4.69) is 4.90 Å². The first-order valence-corrected chi connectivity index (χ1v) is 8.83. The molecule has 5 heteroatoms. The minimum atomic E-state index is 0.0745. The summed E-state index contributed by atoms with van der Waals surface area (Å²) in [5, 5.41) is 0. The SMILES string of the molecule is COc1ccc(CC(=O)N2CCN(c3ccc(C(C)=O)cc3)CC2)cc1. The highest BCUT2D eigenvalue weighted by atomic mass is 16.5. The van der Waals surface area contributed by atoms with Crippen LogP contribution in [0.15, 0.2) is 48.5 Å². The van der Waals surface area contributed by atoms with E-state index < -0.39 is 0 Å². The zero-order valence-corrected chi connectivity index (χ0v) is 15.3. The van der Waals surface area contributed by atoms with Crippen LogP contribution in [-0.4, -0.2) is 49.9 Å². The Hall–Kier alpha value is -2.82. The number of piperazine rings is 1. The molecule has 1 amide bonds. The van der Waals surface area contributed by atoms with Gasteiger partial charge >= 0.3 is 0 Å². The minimum Gasteiger partial charge on any atom is -0.497 e. The molecule has 0 bridgehead atoms. The zero-order chi connectivity index (χ0) is 18.5. The van der Waals surface area contributed by atoms with Gasteiger partial charge in [0.15, 0.2) is 5.78 Å². The summed E-state index contributed by atoms with van der Waals surface area (Å²) in [4.78, 5) is 28.1. The van der Waals surface area contributed by atoms with Gasteiger partial charge in [0.05, 0.1) is 13.5 Å². The number of ketones is 1. The molecule has 2 aromatic carbocycles. The molecule has 0 aliphatic carbocycles. The molecular weight excluding hydrogens is 328 g/mol. The van der Waals surface area contributed by atoms with E-state index in [0.717, 1.165) is 35.7 Å². The van der Waals surface area contributed by atoms with Gasteiger partial charge in [0, 0.05) is 37.4 Å². The molecule has 5 nitrogen and oxygen atoms in total. The Morgan fingerprint density at radius 1 is 0.923 bits per heavy atom. The minimum absolute atomic E-state index is 0.0745. The number of benzene rings is 2. The zero-order valence-electron chi connectivity index (χ0n) is 15.3. The van der Waals surface area contributed by atoms with Crippen molar-refractivity contribution in [2.24, 2.45) is 0 Å². The maximum absolute atomic E-state index is 12.5. The molecule has 0 spiro atoms. The van der Waals surface area contributed by atoms with Gasteiger partial charge in [0.2, 0.25) is 5.91 Å². The quantitative estimate of drug-likeness (QED) is 0.777. The molecule has 2 aromatic rings. The van der Waals surface area contributed by atoms with Crippen LogP contribution in [0.4, 0.5) is 5.69 Å². The fourth-order valence-electron chi connectivity index (χ4n) is 3.15. The summed E-state index contributed by atoms with van der Waals surface area (Å²) in [5.74, 6) is 1.03. The van der Waals surface area contributed by atoms with Crippen molar-refractivity contribution in [3.8, 4) is 5.75 Å². The van der Waals surface area contributed by atoms with E-state index in [1.54, 1.807) is 14.0 Å². The van der Waals surface area contributed by atoms with Gasteiger partial charge in [-0.3, -0.25) is 9.59 Å². The topological polar surface area (TPSA) is 49.9 Å². The Morgan fingerprint density at radius 2 is 1.54 bits per heavy atom. The van der Waals surface area contributed by atoms with Gasteiger partial charge in [-0.25, -0.2) is 0 Å². The number of amides is 1. The summed E-state index contributed by atoms with van der Waals surface area (Å²) in [7, 11) is 1.63. The highest BCUT2D eigenvalue weighted by molar-refractivity contribution is 5.94. The van der Waals surface area contributed by atoms with Crippen LogP contribution in [0.2, 0.25) is 0 Å². The fourth-order valence-corrected chi connectivity index (χ4v) is 3.15. The van der Waals surface area contributed by atoms with Gasteiger partial charge in [0.25, 0.3) is 0 Å². The first-order chi connectivity index (χ1) is 12.6. The second-order valence-electron chi connectivity index (χ2n) is 6.50. The molecule has 1 fully saturated rings. The summed E-state index contributed by atoms with van der Waals surface area (Å²) < 4.78 is 5.15. The molecule has 0 aromatic heterocycles. The third-order valence-electron chi connectivity index (χ3n) is 4.79. The number of Topliss-reactive ketones (excluding diaryl/α,β-unsaturated/α-hetero) is 1. The van der Waals surface area contributed by atoms with Crippen molar-refractivity contribution < 1.29 is 14.3 Å². The maximum Gasteiger partial charge on any atom is 0.227 e. The molecule has 0 N–H and O–H groups in total. The Morgan fingerprint density at radius 3 is 2.08 bits per heavy atom. The number of carbonyl (C=O) groups excluding carboxylic acids is 2. The molecule has 136 valence electrons. The van der Waals surface area contributed by atoms with Crippen molar-refractivity contribution in [2.45, 2.75) is 13.3 Å². The number of methoxy groups -OCH3 is 1. The van der Waals surface area contributed by atoms with Gasteiger partial charge < -0.3 is 14.5 Å². The van der Waals surface area contributed by atoms with Crippen LogP contribution in [0.3, 0.4) is 0 Å². The van der Waals surface area contributed by atoms with Crippen LogP contribution < -0.4 is 9.64 Å². The highest BCUT2D eigenvalue weighted by Gasteiger charge is 2.21. The molecule has 1 saturated heterocycles. The number of anilines is 1. The molecule has 1 aliphatic heterocycles. The Labute approximate surface area is 154 Å². The van der Waals surface area contributed by atoms with Crippen molar-refractivity contribution in [2.75, 3.05) is 38.2 Å². The van der Waals surface area contributed by atoms with Gasteiger partial charge in [-0.1, -0.05) is 12.1 Å². The lowest BCUT2D eigenvalue weighted by molar-refractivity contribution is -0.130. The molecule has 0 unspecified atom stereocenters. The first-order valence-electron chi connectivity index (χ1n) is 8.83.